The summed E-state index contributed by atoms with van der Waals surface area (Å²) in [5.74, 6) is -1.44. The number of amides is 2. The predicted octanol–water partition coefficient (Wildman–Crippen LogP) is 4.28. The van der Waals surface area contributed by atoms with Crippen molar-refractivity contribution in [1.82, 2.24) is 5.43 Å². The van der Waals surface area contributed by atoms with Crippen LogP contribution in [0.4, 0.5) is 11.4 Å². The third-order valence-electron chi connectivity index (χ3n) is 4.45. The minimum absolute atomic E-state index is 0.0289. The summed E-state index contributed by atoms with van der Waals surface area (Å²) in [7, 11) is 0. The van der Waals surface area contributed by atoms with E-state index < -0.39 is 22.3 Å². The van der Waals surface area contributed by atoms with Crippen molar-refractivity contribution in [3.8, 4) is 5.75 Å². The van der Waals surface area contributed by atoms with Gasteiger partial charge < -0.3 is 10.4 Å². The topological polar surface area (TPSA) is 134 Å². The Morgan fingerprint density at radius 2 is 1.78 bits per heavy atom. The summed E-state index contributed by atoms with van der Waals surface area (Å²) < 4.78 is 0. The van der Waals surface area contributed by atoms with Gasteiger partial charge in [-0.1, -0.05) is 29.8 Å². The number of hydrogen-bond donors (Lipinski definition) is 3. The van der Waals surface area contributed by atoms with E-state index in [-0.39, 0.29) is 22.1 Å². The Morgan fingerprint density at radius 1 is 1.09 bits per heavy atom. The molecule has 0 saturated carbocycles. The Morgan fingerprint density at radius 3 is 2.44 bits per heavy atom. The second kappa shape index (κ2) is 9.71. The first-order valence-electron chi connectivity index (χ1n) is 9.23. The van der Waals surface area contributed by atoms with Crippen LogP contribution in [0, 0.1) is 17.0 Å². The van der Waals surface area contributed by atoms with E-state index >= 15 is 0 Å². The number of aromatic hydroxyl groups is 1. The van der Waals surface area contributed by atoms with E-state index in [1.807, 2.05) is 19.1 Å². The number of anilines is 1. The van der Waals surface area contributed by atoms with Gasteiger partial charge in [-0.3, -0.25) is 19.7 Å². The second-order valence-electron chi connectivity index (χ2n) is 6.67. The van der Waals surface area contributed by atoms with Crippen molar-refractivity contribution in [2.75, 3.05) is 5.32 Å². The minimum atomic E-state index is -0.781. The van der Waals surface area contributed by atoms with Crippen molar-refractivity contribution in [3.05, 3.63) is 98.1 Å². The van der Waals surface area contributed by atoms with Gasteiger partial charge in [0.1, 0.15) is 0 Å². The number of carbonyl (C=O) groups excluding carboxylic acids is 2. The zero-order valence-corrected chi connectivity index (χ0v) is 17.5. The average molecular weight is 453 g/mol. The molecule has 0 bridgehead atoms. The van der Waals surface area contributed by atoms with Crippen LogP contribution in [0.25, 0.3) is 0 Å². The van der Waals surface area contributed by atoms with Crippen LogP contribution in [0.3, 0.4) is 0 Å². The molecule has 2 amide bonds. The average Bonchev–Trinajstić information content (AvgIpc) is 2.76. The third-order valence-corrected chi connectivity index (χ3v) is 4.66. The van der Waals surface area contributed by atoms with Gasteiger partial charge in [0.05, 0.1) is 11.1 Å². The number of benzene rings is 3. The highest BCUT2D eigenvalue weighted by atomic mass is 35.5. The molecule has 0 radical (unpaired) electrons. The molecule has 0 aliphatic rings. The molecule has 162 valence electrons. The molecular weight excluding hydrogens is 436 g/mol. The highest BCUT2D eigenvalue weighted by Gasteiger charge is 2.18. The van der Waals surface area contributed by atoms with E-state index in [9.17, 15) is 24.8 Å². The number of halogens is 1. The maximum Gasteiger partial charge on any atom is 0.312 e. The molecule has 3 aromatic rings. The number of hydrazone groups is 1. The number of hydrogen-bond acceptors (Lipinski definition) is 6. The fourth-order valence-corrected chi connectivity index (χ4v) is 3.02. The summed E-state index contributed by atoms with van der Waals surface area (Å²) in [6.07, 6.45) is 1.04. The van der Waals surface area contributed by atoms with Crippen molar-refractivity contribution >= 4 is 41.0 Å². The largest absolute Gasteiger partial charge is 0.502 e. The van der Waals surface area contributed by atoms with Gasteiger partial charge in [0.25, 0.3) is 11.8 Å². The lowest BCUT2D eigenvalue weighted by Gasteiger charge is -2.08. The molecule has 0 aliphatic heterocycles. The molecule has 0 unspecified atom stereocenters. The van der Waals surface area contributed by atoms with E-state index in [0.717, 1.165) is 17.8 Å². The summed E-state index contributed by atoms with van der Waals surface area (Å²) >= 11 is 5.81. The quantitative estimate of drug-likeness (QED) is 0.291. The van der Waals surface area contributed by atoms with Crippen LogP contribution in [-0.2, 0) is 0 Å². The maximum atomic E-state index is 12.4. The fourth-order valence-electron chi connectivity index (χ4n) is 2.80. The number of nitro benzene ring substituents is 1. The van der Waals surface area contributed by atoms with E-state index in [4.69, 9.17) is 11.6 Å². The van der Waals surface area contributed by atoms with Crippen molar-refractivity contribution in [2.24, 2.45) is 5.10 Å². The van der Waals surface area contributed by atoms with Crippen LogP contribution in [0.2, 0.25) is 5.02 Å². The summed E-state index contributed by atoms with van der Waals surface area (Å²) in [5.41, 5.74) is 3.81. The molecule has 3 N–H and O–H groups in total. The van der Waals surface area contributed by atoms with Crippen LogP contribution in [-0.4, -0.2) is 28.1 Å². The number of nitrogens with zero attached hydrogens (tertiary/aromatic N) is 2. The maximum absolute atomic E-state index is 12.4. The van der Waals surface area contributed by atoms with E-state index in [1.54, 1.807) is 24.3 Å². The van der Waals surface area contributed by atoms with E-state index in [2.05, 4.69) is 15.8 Å². The predicted molar refractivity (Wildman–Crippen MR) is 120 cm³/mol. The fraction of sp³-hybridized carbons (Fsp3) is 0.0455. The Labute approximate surface area is 187 Å². The molecule has 0 spiro atoms. The lowest BCUT2D eigenvalue weighted by molar-refractivity contribution is -0.385. The van der Waals surface area contributed by atoms with E-state index in [1.165, 1.54) is 18.2 Å². The zero-order valence-electron chi connectivity index (χ0n) is 16.7. The Kier molecular flexibility index (Phi) is 6.81. The minimum Gasteiger partial charge on any atom is -0.502 e. The van der Waals surface area contributed by atoms with Gasteiger partial charge in [-0.2, -0.15) is 5.10 Å². The van der Waals surface area contributed by atoms with Gasteiger partial charge in [0.15, 0.2) is 0 Å². The molecule has 0 saturated heterocycles. The first-order chi connectivity index (χ1) is 15.3. The number of nitro groups is 1. The van der Waals surface area contributed by atoms with Gasteiger partial charge >= 0.3 is 5.69 Å². The molecule has 32 heavy (non-hydrogen) atoms. The lowest BCUT2D eigenvalue weighted by atomic mass is 10.1. The Bertz CT molecular complexity index is 1230. The molecule has 9 nitrogen and oxygen atoms in total. The standard InChI is InChI=1S/C22H17ClN4O5/c1-13-4-2-3-5-18(13)22(30)25-17-8-6-14(7-9-17)21(29)26-24-12-15-10-16(23)11-19(20(15)28)27(31)32/h2-12,28H,1H3,(H,25,30)(H,26,29)/b24-12-. The van der Waals surface area contributed by atoms with Crippen molar-refractivity contribution < 1.29 is 19.6 Å². The third kappa shape index (κ3) is 5.27. The highest BCUT2D eigenvalue weighted by molar-refractivity contribution is 6.31. The van der Waals surface area contributed by atoms with E-state index in [0.29, 0.717) is 11.3 Å². The molecule has 0 fully saturated rings. The van der Waals surface area contributed by atoms with Gasteiger partial charge in [0.2, 0.25) is 5.75 Å². The van der Waals surface area contributed by atoms with Gasteiger partial charge in [-0.25, -0.2) is 5.43 Å². The second-order valence-corrected chi connectivity index (χ2v) is 7.10. The number of phenolic OH excluding ortho intramolecular Hbond substituents is 1. The summed E-state index contributed by atoms with van der Waals surface area (Å²) in [5, 5.41) is 27.4. The monoisotopic (exact) mass is 452 g/mol. The highest BCUT2D eigenvalue weighted by Crippen LogP contribution is 2.32. The molecule has 0 aromatic heterocycles. The Hall–Kier alpha value is -4.24. The smallest absolute Gasteiger partial charge is 0.312 e. The normalized spacial score (nSPS) is 10.7. The SMILES string of the molecule is Cc1ccccc1C(=O)Nc1ccc(C(=O)N/N=C\c2cc(Cl)cc([N+](=O)[O-])c2O)cc1. The van der Waals surface area contributed by atoms with Crippen molar-refractivity contribution in [3.63, 3.8) is 0 Å². The molecule has 10 heteroatoms. The summed E-state index contributed by atoms with van der Waals surface area (Å²) in [6.45, 7) is 1.84. The first kappa shape index (κ1) is 22.4. The molecule has 3 aromatic carbocycles. The zero-order chi connectivity index (χ0) is 23.3. The van der Waals surface area contributed by atoms with Gasteiger partial charge in [-0.15, -0.1) is 0 Å². The van der Waals surface area contributed by atoms with Crippen molar-refractivity contribution in [2.45, 2.75) is 6.92 Å². The lowest BCUT2D eigenvalue weighted by Crippen LogP contribution is -2.18. The van der Waals surface area contributed by atoms with Crippen LogP contribution in [0.15, 0.2) is 65.8 Å². The van der Waals surface area contributed by atoms with Crippen molar-refractivity contribution in [1.29, 1.82) is 0 Å². The molecule has 0 heterocycles. The molecular formula is C22H17ClN4O5. The number of phenols is 1. The summed E-state index contributed by atoms with van der Waals surface area (Å²) in [6, 6.07) is 15.6. The summed E-state index contributed by atoms with van der Waals surface area (Å²) in [4.78, 5) is 34.8. The van der Waals surface area contributed by atoms with Crippen LogP contribution < -0.4 is 10.7 Å². The first-order valence-corrected chi connectivity index (χ1v) is 9.61. The Balaban J connectivity index is 1.65. The number of nitrogens with one attached hydrogen (secondary N) is 2. The van der Waals surface area contributed by atoms with Gasteiger partial charge in [-0.05, 0) is 48.9 Å². The number of rotatable bonds is 6. The number of carbonyl (C=O) groups is 2. The van der Waals surface area contributed by atoms with Crippen LogP contribution in [0.5, 0.6) is 5.75 Å². The molecule has 0 atom stereocenters. The van der Waals surface area contributed by atoms with Crippen LogP contribution in [0.1, 0.15) is 31.8 Å². The number of aryl methyl sites for hydroxylation is 1. The molecule has 0 aliphatic carbocycles. The van der Waals surface area contributed by atoms with Gasteiger partial charge in [0, 0.05) is 33.5 Å². The molecule has 3 rings (SSSR count). The van der Waals surface area contributed by atoms with Crippen LogP contribution >= 0.6 is 11.6 Å².